The summed E-state index contributed by atoms with van der Waals surface area (Å²) in [6.07, 6.45) is 0. The number of para-hydroxylation sites is 1. The van der Waals surface area contributed by atoms with Gasteiger partial charge in [0.2, 0.25) is 0 Å². The first kappa shape index (κ1) is 16.0. The van der Waals surface area contributed by atoms with Crippen LogP contribution in [0.15, 0.2) is 30.3 Å². The Hall–Kier alpha value is -1.10. The van der Waals surface area contributed by atoms with E-state index in [-0.39, 0.29) is 6.61 Å². The minimum atomic E-state index is -0.402. The van der Waals surface area contributed by atoms with Crippen LogP contribution in [0.4, 0.5) is 0 Å². The average molecular weight is 267 g/mol. The molecule has 0 amide bonds. The predicted molar refractivity (Wildman–Crippen MR) is 76.5 cm³/mol. The van der Waals surface area contributed by atoms with E-state index >= 15 is 0 Å². The summed E-state index contributed by atoms with van der Waals surface area (Å²) in [5, 5.41) is 12.7. The van der Waals surface area contributed by atoms with E-state index in [1.54, 1.807) is 0 Å². The highest BCUT2D eigenvalue weighted by molar-refractivity contribution is 5.20. The van der Waals surface area contributed by atoms with Crippen molar-refractivity contribution >= 4 is 0 Å². The lowest BCUT2D eigenvalue weighted by Gasteiger charge is -2.30. The van der Waals surface area contributed by atoms with E-state index in [0.29, 0.717) is 25.9 Å². The molecule has 19 heavy (non-hydrogen) atoms. The van der Waals surface area contributed by atoms with E-state index in [1.807, 2.05) is 51.1 Å². The summed E-state index contributed by atoms with van der Waals surface area (Å²) in [5.41, 5.74) is -0.402. The fourth-order valence-electron chi connectivity index (χ4n) is 1.86. The normalized spacial score (nSPS) is 14.4. The number of aliphatic hydroxyl groups excluding tert-OH is 1. The molecule has 4 nitrogen and oxygen atoms in total. The number of hydrogen-bond donors (Lipinski definition) is 2. The second-order valence-electron chi connectivity index (χ2n) is 5.23. The van der Waals surface area contributed by atoms with E-state index < -0.39 is 5.54 Å². The molecule has 1 aromatic carbocycles. The highest BCUT2D eigenvalue weighted by atomic mass is 16.5. The van der Waals surface area contributed by atoms with Gasteiger partial charge in [-0.2, -0.15) is 0 Å². The molecule has 2 N–H and O–H groups in total. The van der Waals surface area contributed by atoms with Gasteiger partial charge >= 0.3 is 0 Å². The Morgan fingerprint density at radius 2 is 1.89 bits per heavy atom. The summed E-state index contributed by atoms with van der Waals surface area (Å²) < 4.78 is 11.1. The van der Waals surface area contributed by atoms with E-state index in [1.165, 1.54) is 0 Å². The van der Waals surface area contributed by atoms with Crippen molar-refractivity contribution in [1.29, 1.82) is 0 Å². The summed E-state index contributed by atoms with van der Waals surface area (Å²) in [7, 11) is 0. The summed E-state index contributed by atoms with van der Waals surface area (Å²) in [6, 6.07) is 9.96. The molecule has 0 spiro atoms. The van der Waals surface area contributed by atoms with Crippen molar-refractivity contribution in [2.75, 3.05) is 26.4 Å². The van der Waals surface area contributed by atoms with Crippen molar-refractivity contribution in [2.24, 2.45) is 0 Å². The third kappa shape index (κ3) is 6.57. The van der Waals surface area contributed by atoms with Crippen LogP contribution in [-0.2, 0) is 4.74 Å². The van der Waals surface area contributed by atoms with Gasteiger partial charge in [-0.3, -0.25) is 0 Å². The van der Waals surface area contributed by atoms with Crippen LogP contribution in [0.25, 0.3) is 0 Å². The number of ether oxygens (including phenoxy) is 2. The molecule has 1 unspecified atom stereocenters. The Bertz CT molecular complexity index is 343. The second kappa shape index (κ2) is 8.15. The molecular formula is C15H25NO3. The summed E-state index contributed by atoms with van der Waals surface area (Å²) in [5.74, 6) is 0.844. The number of rotatable bonds is 9. The Labute approximate surface area is 115 Å². The van der Waals surface area contributed by atoms with Crippen LogP contribution >= 0.6 is 0 Å². The van der Waals surface area contributed by atoms with E-state index in [2.05, 4.69) is 5.32 Å². The summed E-state index contributed by atoms with van der Waals surface area (Å²) in [4.78, 5) is 0. The van der Waals surface area contributed by atoms with Gasteiger partial charge in [-0.15, -0.1) is 0 Å². The molecule has 4 heteroatoms. The molecule has 1 rings (SSSR count). The van der Waals surface area contributed by atoms with Gasteiger partial charge in [-0.25, -0.2) is 0 Å². The van der Waals surface area contributed by atoms with Crippen molar-refractivity contribution in [3.8, 4) is 5.75 Å². The topological polar surface area (TPSA) is 50.7 Å². The zero-order valence-corrected chi connectivity index (χ0v) is 12.1. The van der Waals surface area contributed by atoms with Crippen molar-refractivity contribution in [2.45, 2.75) is 32.4 Å². The fraction of sp³-hybridized carbons (Fsp3) is 0.600. The maximum atomic E-state index is 9.39. The smallest absolute Gasteiger partial charge is 0.119 e. The molecular weight excluding hydrogens is 242 g/mol. The lowest BCUT2D eigenvalue weighted by Crippen LogP contribution is -2.52. The minimum absolute atomic E-state index is 0.0464. The lowest BCUT2D eigenvalue weighted by molar-refractivity contribution is 0.0279. The van der Waals surface area contributed by atoms with Gasteiger partial charge in [-0.1, -0.05) is 32.0 Å². The van der Waals surface area contributed by atoms with Crippen molar-refractivity contribution in [3.63, 3.8) is 0 Å². The van der Waals surface area contributed by atoms with Crippen molar-refractivity contribution < 1.29 is 14.6 Å². The summed E-state index contributed by atoms with van der Waals surface area (Å²) in [6.45, 7) is 7.56. The highest BCUT2D eigenvalue weighted by Crippen LogP contribution is 2.08. The van der Waals surface area contributed by atoms with Crippen LogP contribution in [0, 0.1) is 0 Å². The van der Waals surface area contributed by atoms with Crippen LogP contribution in [0.2, 0.25) is 0 Å². The predicted octanol–water partition coefficient (Wildman–Crippen LogP) is 1.83. The van der Waals surface area contributed by atoms with Crippen molar-refractivity contribution in [3.05, 3.63) is 30.3 Å². The minimum Gasteiger partial charge on any atom is -0.491 e. The molecule has 0 fully saturated rings. The third-order valence-electron chi connectivity index (χ3n) is 2.65. The van der Waals surface area contributed by atoms with Gasteiger partial charge in [0, 0.05) is 6.04 Å². The standard InChI is InChI=1S/C15H25NO3/c1-13(2)16-15(3,11-17)12-18-9-10-19-14-7-5-4-6-8-14/h4-8,13,16-17H,9-12H2,1-3H3. The quantitative estimate of drug-likeness (QED) is 0.670. The summed E-state index contributed by atoms with van der Waals surface area (Å²) >= 11 is 0. The molecule has 1 atom stereocenters. The van der Waals surface area contributed by atoms with Crippen LogP contribution in [0.5, 0.6) is 5.75 Å². The lowest BCUT2D eigenvalue weighted by atomic mass is 10.0. The number of hydrogen-bond acceptors (Lipinski definition) is 4. The van der Waals surface area contributed by atoms with Crippen LogP contribution in [0.1, 0.15) is 20.8 Å². The first-order chi connectivity index (χ1) is 9.06. The zero-order chi connectivity index (χ0) is 14.1. The zero-order valence-electron chi connectivity index (χ0n) is 12.1. The Balaban J connectivity index is 2.19. The molecule has 0 aliphatic heterocycles. The van der Waals surface area contributed by atoms with E-state index in [0.717, 1.165) is 5.75 Å². The molecule has 1 aromatic rings. The van der Waals surface area contributed by atoms with Gasteiger partial charge in [0.1, 0.15) is 12.4 Å². The van der Waals surface area contributed by atoms with Crippen LogP contribution in [0.3, 0.4) is 0 Å². The average Bonchev–Trinajstić information content (AvgIpc) is 2.39. The molecule has 0 radical (unpaired) electrons. The van der Waals surface area contributed by atoms with Gasteiger partial charge in [0.25, 0.3) is 0 Å². The number of aliphatic hydroxyl groups is 1. The number of nitrogens with one attached hydrogen (secondary N) is 1. The Morgan fingerprint density at radius 1 is 1.21 bits per heavy atom. The first-order valence-electron chi connectivity index (χ1n) is 6.70. The molecule has 0 aromatic heterocycles. The van der Waals surface area contributed by atoms with Gasteiger partial charge in [0.15, 0.2) is 0 Å². The molecule has 0 aliphatic rings. The van der Waals surface area contributed by atoms with Crippen molar-refractivity contribution in [1.82, 2.24) is 5.32 Å². The Morgan fingerprint density at radius 3 is 2.47 bits per heavy atom. The Kier molecular flexibility index (Phi) is 6.84. The maximum absolute atomic E-state index is 9.39. The van der Waals surface area contributed by atoms with Crippen LogP contribution in [-0.4, -0.2) is 43.1 Å². The van der Waals surface area contributed by atoms with Crippen LogP contribution < -0.4 is 10.1 Å². The van der Waals surface area contributed by atoms with Gasteiger partial charge in [0.05, 0.1) is 25.4 Å². The molecule has 0 saturated heterocycles. The third-order valence-corrected chi connectivity index (χ3v) is 2.65. The molecule has 108 valence electrons. The van der Waals surface area contributed by atoms with Gasteiger partial charge in [-0.05, 0) is 19.1 Å². The molecule has 0 saturated carbocycles. The maximum Gasteiger partial charge on any atom is 0.119 e. The molecule has 0 heterocycles. The van der Waals surface area contributed by atoms with E-state index in [4.69, 9.17) is 9.47 Å². The SMILES string of the molecule is CC(C)NC(C)(CO)COCCOc1ccccc1. The number of benzene rings is 1. The van der Waals surface area contributed by atoms with Gasteiger partial charge < -0.3 is 19.9 Å². The second-order valence-corrected chi connectivity index (χ2v) is 5.23. The molecule has 0 bridgehead atoms. The monoisotopic (exact) mass is 267 g/mol. The fourth-order valence-corrected chi connectivity index (χ4v) is 1.86. The largest absolute Gasteiger partial charge is 0.491 e. The van der Waals surface area contributed by atoms with E-state index in [9.17, 15) is 5.11 Å². The first-order valence-corrected chi connectivity index (χ1v) is 6.70. The molecule has 0 aliphatic carbocycles. The highest BCUT2D eigenvalue weighted by Gasteiger charge is 2.23.